The largest absolute Gasteiger partial charge is 0.470 e. The Labute approximate surface area is 226 Å². The Bertz CT molecular complexity index is 1500. The van der Waals surface area contributed by atoms with Crippen LogP contribution < -0.4 is 0 Å². The minimum absolute atomic E-state index is 0.0431. The normalized spacial score (nSPS) is 29.8. The summed E-state index contributed by atoms with van der Waals surface area (Å²) < 4.78 is 7.01. The molecule has 0 saturated carbocycles. The first kappa shape index (κ1) is 23.6. The first-order valence-corrected chi connectivity index (χ1v) is 15.2. The van der Waals surface area contributed by atoms with Gasteiger partial charge in [0.2, 0.25) is 0 Å². The van der Waals surface area contributed by atoms with Crippen LogP contribution in [0.25, 0.3) is 5.31 Å². The molecule has 0 radical (unpaired) electrons. The molecule has 3 aliphatic rings. The van der Waals surface area contributed by atoms with Crippen LogP contribution in [0.1, 0.15) is 54.2 Å². The van der Waals surface area contributed by atoms with Crippen LogP contribution in [0.15, 0.2) is 132 Å². The van der Waals surface area contributed by atoms with Crippen molar-refractivity contribution in [3.63, 3.8) is 0 Å². The predicted molar refractivity (Wildman–Crippen MR) is 159 cm³/mol. The van der Waals surface area contributed by atoms with Crippen LogP contribution in [0.4, 0.5) is 0 Å². The molecule has 3 heteroatoms. The number of hydrogen-bond acceptors (Lipinski definition) is 2. The van der Waals surface area contributed by atoms with Crippen LogP contribution in [-0.2, 0) is 4.74 Å². The first-order chi connectivity index (χ1) is 18.6. The minimum atomic E-state index is -0.486. The fourth-order valence-electron chi connectivity index (χ4n) is 6.97. The number of rotatable bonds is 5. The van der Waals surface area contributed by atoms with E-state index in [2.05, 4.69) is 135 Å². The van der Waals surface area contributed by atoms with Gasteiger partial charge < -0.3 is 4.74 Å². The molecular weight excluding hydrogens is 481 g/mol. The molecule has 2 nitrogen and oxygen atoms in total. The molecule has 4 aromatic rings. The van der Waals surface area contributed by atoms with Crippen molar-refractivity contribution in [1.29, 1.82) is 0 Å². The van der Waals surface area contributed by atoms with Crippen LogP contribution in [-0.4, -0.2) is 17.7 Å². The van der Waals surface area contributed by atoms with E-state index in [0.717, 1.165) is 5.90 Å². The molecule has 4 aromatic carbocycles. The van der Waals surface area contributed by atoms with E-state index >= 15 is 0 Å². The lowest BCUT2D eigenvalue weighted by Crippen LogP contribution is -2.34. The first-order valence-electron chi connectivity index (χ1n) is 13.6. The summed E-state index contributed by atoms with van der Waals surface area (Å²) in [4.78, 5) is 5.46. The third-order valence-corrected chi connectivity index (χ3v) is 12.2. The van der Waals surface area contributed by atoms with Crippen molar-refractivity contribution >= 4 is 19.1 Å². The van der Waals surface area contributed by atoms with E-state index in [1.54, 1.807) is 10.9 Å². The summed E-state index contributed by atoms with van der Waals surface area (Å²) in [7, 11) is -0.486. The Morgan fingerprint density at radius 2 is 1.24 bits per heavy atom. The number of aliphatic imine (C=N–C) groups is 1. The van der Waals surface area contributed by atoms with Gasteiger partial charge in [0.25, 0.3) is 0 Å². The molecule has 1 saturated heterocycles. The lowest BCUT2D eigenvalue weighted by Gasteiger charge is -2.39. The Kier molecular flexibility index (Phi) is 5.82. The highest BCUT2D eigenvalue weighted by molar-refractivity contribution is 7.71. The number of fused-ring (bicyclic) bond motifs is 2. The van der Waals surface area contributed by atoms with Crippen molar-refractivity contribution in [3.8, 4) is 0 Å². The van der Waals surface area contributed by atoms with E-state index in [4.69, 9.17) is 9.73 Å². The van der Waals surface area contributed by atoms with E-state index in [-0.39, 0.29) is 23.2 Å². The summed E-state index contributed by atoms with van der Waals surface area (Å²) in [5.74, 6) is 1.31. The Balaban J connectivity index is 1.38. The van der Waals surface area contributed by atoms with Crippen molar-refractivity contribution in [3.05, 3.63) is 149 Å². The topological polar surface area (TPSA) is 21.6 Å². The van der Waals surface area contributed by atoms with E-state index in [0.29, 0.717) is 5.92 Å². The van der Waals surface area contributed by atoms with E-state index < -0.39 is 7.92 Å². The zero-order valence-corrected chi connectivity index (χ0v) is 22.8. The maximum atomic E-state index is 7.01. The third kappa shape index (κ3) is 3.69. The second-order valence-corrected chi connectivity index (χ2v) is 13.2. The lowest BCUT2D eigenvalue weighted by atomic mass is 9.68. The minimum Gasteiger partial charge on any atom is -0.470 e. The summed E-state index contributed by atoms with van der Waals surface area (Å²) in [6.07, 6.45) is 1.08. The van der Waals surface area contributed by atoms with Gasteiger partial charge in [-0.1, -0.05) is 142 Å². The Morgan fingerprint density at radius 1 is 0.711 bits per heavy atom. The molecule has 3 aliphatic heterocycles. The molecule has 3 heterocycles. The zero-order valence-electron chi connectivity index (χ0n) is 21.9. The molecule has 6 atom stereocenters. The van der Waals surface area contributed by atoms with Gasteiger partial charge in [0.1, 0.15) is 6.04 Å². The van der Waals surface area contributed by atoms with Gasteiger partial charge >= 0.3 is 0 Å². The number of allylic oxidation sites excluding steroid dienone is 1. The fourth-order valence-corrected chi connectivity index (χ4v) is 11.2. The predicted octanol–water partition coefficient (Wildman–Crippen LogP) is 9.00. The van der Waals surface area contributed by atoms with E-state index in [1.807, 2.05) is 0 Å². The maximum Gasteiger partial charge on any atom is 0.193 e. The van der Waals surface area contributed by atoms with Gasteiger partial charge in [0.05, 0.1) is 5.66 Å². The second-order valence-electron chi connectivity index (χ2n) is 11.0. The van der Waals surface area contributed by atoms with Crippen LogP contribution in [0.2, 0.25) is 0 Å². The van der Waals surface area contributed by atoms with Gasteiger partial charge in [0.15, 0.2) is 12.0 Å². The second kappa shape index (κ2) is 9.37. The van der Waals surface area contributed by atoms with Gasteiger partial charge in [0, 0.05) is 11.3 Å². The maximum absolute atomic E-state index is 7.01. The smallest absolute Gasteiger partial charge is 0.193 e. The molecule has 38 heavy (non-hydrogen) atoms. The van der Waals surface area contributed by atoms with Gasteiger partial charge in [-0.05, 0) is 40.7 Å². The summed E-state index contributed by atoms with van der Waals surface area (Å²) >= 11 is 0. The van der Waals surface area contributed by atoms with Crippen molar-refractivity contribution in [2.45, 2.75) is 37.6 Å². The fraction of sp³-hybridized carbons (Fsp3) is 0.229. The molecule has 0 N–H and O–H groups in total. The van der Waals surface area contributed by atoms with Gasteiger partial charge in [-0.3, -0.25) is 0 Å². The van der Waals surface area contributed by atoms with E-state index in [9.17, 15) is 0 Å². The standard InChI is InChI=1S/C35H32NOP/c1-24-32(28-21-13-6-14-22-28)38-23-35(24,2)29(25-15-7-3-8-16-25)33(38)34-36-30(26-17-9-4-10-18-26)31(37-34)27-19-11-5-12-20-27/h3-22,29-31,33H,23H2,1-2H3/t29?,30-,31-,33?,35?,38?/m0/s1. The molecule has 4 unspecified atom stereocenters. The quantitative estimate of drug-likeness (QED) is 0.244. The number of hydrogen-bond donors (Lipinski definition) is 0. The average Bonchev–Trinajstić information content (AvgIpc) is 3.62. The number of ether oxygens (including phenoxy) is 1. The molecule has 0 amide bonds. The summed E-state index contributed by atoms with van der Waals surface area (Å²) in [6.45, 7) is 4.87. The average molecular weight is 514 g/mol. The Hall–Kier alpha value is -3.48. The summed E-state index contributed by atoms with van der Waals surface area (Å²) in [5, 5.41) is 1.56. The summed E-state index contributed by atoms with van der Waals surface area (Å²) in [5.41, 5.74) is 7.07. The molecule has 188 valence electrons. The highest BCUT2D eigenvalue weighted by Crippen LogP contribution is 2.79. The van der Waals surface area contributed by atoms with Crippen molar-refractivity contribution in [2.75, 3.05) is 6.16 Å². The molecule has 1 fully saturated rings. The SMILES string of the molecule is CC1=C(c2ccccc2)P2CC1(C)C(c1ccccc1)C2C1=N[C@@H](c2ccccc2)[C@H](c2ccccc2)O1. The molecule has 2 bridgehead atoms. The van der Waals surface area contributed by atoms with Crippen LogP contribution in [0.3, 0.4) is 0 Å². The van der Waals surface area contributed by atoms with Crippen molar-refractivity contribution in [1.82, 2.24) is 0 Å². The van der Waals surface area contributed by atoms with E-state index in [1.165, 1.54) is 28.4 Å². The molecule has 0 spiro atoms. The zero-order chi connectivity index (χ0) is 25.7. The summed E-state index contributed by atoms with van der Waals surface area (Å²) in [6, 6.07) is 43.4. The Morgan fingerprint density at radius 3 is 1.84 bits per heavy atom. The van der Waals surface area contributed by atoms with Gasteiger partial charge in [-0.2, -0.15) is 0 Å². The van der Waals surface area contributed by atoms with Crippen molar-refractivity contribution in [2.24, 2.45) is 10.4 Å². The van der Waals surface area contributed by atoms with Gasteiger partial charge in [-0.25, -0.2) is 4.99 Å². The highest BCUT2D eigenvalue weighted by Gasteiger charge is 2.61. The number of benzene rings is 4. The number of nitrogens with zero attached hydrogens (tertiary/aromatic N) is 1. The molecule has 0 aliphatic carbocycles. The third-order valence-electron chi connectivity index (χ3n) is 8.86. The van der Waals surface area contributed by atoms with Crippen LogP contribution >= 0.6 is 7.92 Å². The van der Waals surface area contributed by atoms with Crippen LogP contribution in [0, 0.1) is 5.41 Å². The van der Waals surface area contributed by atoms with Gasteiger partial charge in [-0.15, -0.1) is 0 Å². The monoisotopic (exact) mass is 513 g/mol. The highest BCUT2D eigenvalue weighted by atomic mass is 31.1. The molecular formula is C35H32NOP. The van der Waals surface area contributed by atoms with Crippen molar-refractivity contribution < 1.29 is 4.74 Å². The molecule has 7 rings (SSSR count). The van der Waals surface area contributed by atoms with Crippen LogP contribution in [0.5, 0.6) is 0 Å². The molecule has 0 aromatic heterocycles. The lowest BCUT2D eigenvalue weighted by molar-refractivity contribution is 0.189.